The summed E-state index contributed by atoms with van der Waals surface area (Å²) in [7, 11) is -3.02. The number of sulfonamides is 1. The zero-order valence-electron chi connectivity index (χ0n) is 10.4. The van der Waals surface area contributed by atoms with E-state index in [4.69, 9.17) is 5.84 Å². The normalized spacial score (nSPS) is 29.2. The minimum atomic E-state index is -3.02. The van der Waals surface area contributed by atoms with Crippen molar-refractivity contribution in [2.24, 2.45) is 17.7 Å². The van der Waals surface area contributed by atoms with Gasteiger partial charge in [0.2, 0.25) is 10.0 Å². The summed E-state index contributed by atoms with van der Waals surface area (Å²) in [4.78, 5) is 0. The predicted octanol–water partition coefficient (Wildman–Crippen LogP) is 0.290. The van der Waals surface area contributed by atoms with Gasteiger partial charge in [-0.15, -0.1) is 0 Å². The molecule has 2 rings (SSSR count). The number of nitrogens with one attached hydrogen (secondary N) is 1. The topological polar surface area (TPSA) is 75.4 Å². The van der Waals surface area contributed by atoms with Gasteiger partial charge in [-0.2, -0.15) is 0 Å². The van der Waals surface area contributed by atoms with Crippen LogP contribution >= 0.6 is 0 Å². The molecule has 1 aliphatic heterocycles. The van der Waals surface area contributed by atoms with Gasteiger partial charge in [-0.3, -0.25) is 11.3 Å². The summed E-state index contributed by atoms with van der Waals surface area (Å²) in [6, 6.07) is 0.375. The van der Waals surface area contributed by atoms with Gasteiger partial charge in [0.1, 0.15) is 0 Å². The van der Waals surface area contributed by atoms with Crippen LogP contribution in [0.5, 0.6) is 0 Å². The number of piperidine rings is 1. The van der Waals surface area contributed by atoms with Crippen LogP contribution in [-0.4, -0.2) is 38.1 Å². The SMILES string of the molecule is CS(=O)(=O)N1CCCC(CC(NN)C2CC2)C1. The fraction of sp³-hybridized carbons (Fsp3) is 1.00. The molecular formula is C11H23N3O2S. The third kappa shape index (κ3) is 3.64. The molecule has 1 saturated carbocycles. The predicted molar refractivity (Wildman–Crippen MR) is 67.6 cm³/mol. The Labute approximate surface area is 104 Å². The van der Waals surface area contributed by atoms with Gasteiger partial charge in [-0.05, 0) is 43.9 Å². The summed E-state index contributed by atoms with van der Waals surface area (Å²) in [5, 5.41) is 0. The van der Waals surface area contributed by atoms with E-state index < -0.39 is 10.0 Å². The molecule has 0 bridgehead atoms. The van der Waals surface area contributed by atoms with Gasteiger partial charge in [-0.1, -0.05) is 0 Å². The first-order valence-electron chi connectivity index (χ1n) is 6.42. The van der Waals surface area contributed by atoms with Gasteiger partial charge >= 0.3 is 0 Å². The third-order valence-corrected chi connectivity index (χ3v) is 5.21. The summed E-state index contributed by atoms with van der Waals surface area (Å²) in [6.45, 7) is 1.35. The lowest BCUT2D eigenvalue weighted by Crippen LogP contribution is -2.43. The quantitative estimate of drug-likeness (QED) is 0.551. The van der Waals surface area contributed by atoms with E-state index in [9.17, 15) is 8.42 Å². The highest BCUT2D eigenvalue weighted by molar-refractivity contribution is 7.88. The smallest absolute Gasteiger partial charge is 0.211 e. The first kappa shape index (κ1) is 13.3. The van der Waals surface area contributed by atoms with E-state index >= 15 is 0 Å². The summed E-state index contributed by atoms with van der Waals surface area (Å²) < 4.78 is 24.7. The Kier molecular flexibility index (Phi) is 4.07. The second-order valence-electron chi connectivity index (χ2n) is 5.48. The van der Waals surface area contributed by atoms with Crippen LogP contribution in [-0.2, 0) is 10.0 Å². The van der Waals surface area contributed by atoms with E-state index in [0.717, 1.165) is 19.3 Å². The molecule has 100 valence electrons. The summed E-state index contributed by atoms with van der Waals surface area (Å²) in [5.41, 5.74) is 2.90. The highest BCUT2D eigenvalue weighted by Crippen LogP contribution is 2.36. The Bertz CT molecular complexity index is 354. The molecule has 0 spiro atoms. The first-order valence-corrected chi connectivity index (χ1v) is 8.27. The van der Waals surface area contributed by atoms with Gasteiger partial charge in [0.25, 0.3) is 0 Å². The van der Waals surface area contributed by atoms with Gasteiger partial charge in [0, 0.05) is 19.1 Å². The van der Waals surface area contributed by atoms with Crippen molar-refractivity contribution >= 4 is 10.0 Å². The van der Waals surface area contributed by atoms with E-state index in [1.165, 1.54) is 19.1 Å². The molecule has 3 N–H and O–H groups in total. The minimum absolute atomic E-state index is 0.375. The zero-order chi connectivity index (χ0) is 12.5. The van der Waals surface area contributed by atoms with Crippen molar-refractivity contribution in [2.45, 2.75) is 38.1 Å². The van der Waals surface area contributed by atoms with Crippen LogP contribution in [0.25, 0.3) is 0 Å². The number of nitrogens with two attached hydrogens (primary N) is 1. The van der Waals surface area contributed by atoms with Crippen LogP contribution in [0.15, 0.2) is 0 Å². The molecule has 2 unspecified atom stereocenters. The van der Waals surface area contributed by atoms with Crippen LogP contribution in [0.3, 0.4) is 0 Å². The van der Waals surface area contributed by atoms with Crippen molar-refractivity contribution in [1.82, 2.24) is 9.73 Å². The molecule has 5 nitrogen and oxygen atoms in total. The van der Waals surface area contributed by atoms with Crippen LogP contribution in [0.1, 0.15) is 32.1 Å². The lowest BCUT2D eigenvalue weighted by atomic mass is 9.91. The van der Waals surface area contributed by atoms with Crippen molar-refractivity contribution in [3.63, 3.8) is 0 Å². The average molecular weight is 261 g/mol. The summed E-state index contributed by atoms with van der Waals surface area (Å²) in [6.07, 6.45) is 6.92. The van der Waals surface area contributed by atoms with Crippen LogP contribution < -0.4 is 11.3 Å². The van der Waals surface area contributed by atoms with E-state index in [-0.39, 0.29) is 0 Å². The zero-order valence-corrected chi connectivity index (χ0v) is 11.2. The Morgan fingerprint density at radius 1 is 1.41 bits per heavy atom. The monoisotopic (exact) mass is 261 g/mol. The lowest BCUT2D eigenvalue weighted by molar-refractivity contribution is 0.231. The molecule has 0 aromatic carbocycles. The minimum Gasteiger partial charge on any atom is -0.271 e. The molecule has 1 aliphatic carbocycles. The summed E-state index contributed by atoms with van der Waals surface area (Å²) in [5.74, 6) is 6.74. The van der Waals surface area contributed by atoms with Crippen molar-refractivity contribution in [1.29, 1.82) is 0 Å². The van der Waals surface area contributed by atoms with Gasteiger partial charge in [-0.25, -0.2) is 12.7 Å². The number of hydrogen-bond acceptors (Lipinski definition) is 4. The molecule has 0 aromatic heterocycles. The fourth-order valence-electron chi connectivity index (χ4n) is 2.77. The van der Waals surface area contributed by atoms with Gasteiger partial charge in [0.15, 0.2) is 0 Å². The number of nitrogens with zero attached hydrogens (tertiary/aromatic N) is 1. The highest BCUT2D eigenvalue weighted by atomic mass is 32.2. The number of hydrogen-bond donors (Lipinski definition) is 2. The van der Waals surface area contributed by atoms with Crippen molar-refractivity contribution in [3.05, 3.63) is 0 Å². The van der Waals surface area contributed by atoms with Crippen LogP contribution in [0.4, 0.5) is 0 Å². The maximum Gasteiger partial charge on any atom is 0.211 e. The first-order chi connectivity index (χ1) is 8.00. The molecule has 2 atom stereocenters. The molecular weight excluding hydrogens is 238 g/mol. The molecule has 17 heavy (non-hydrogen) atoms. The second-order valence-corrected chi connectivity index (χ2v) is 7.46. The third-order valence-electron chi connectivity index (χ3n) is 3.94. The number of rotatable bonds is 5. The van der Waals surface area contributed by atoms with E-state index in [2.05, 4.69) is 5.43 Å². The van der Waals surface area contributed by atoms with Crippen molar-refractivity contribution in [2.75, 3.05) is 19.3 Å². The Hall–Kier alpha value is -0.170. The maximum atomic E-state index is 11.5. The van der Waals surface area contributed by atoms with Crippen LogP contribution in [0.2, 0.25) is 0 Å². The Morgan fingerprint density at radius 2 is 2.12 bits per heavy atom. The molecule has 2 aliphatic rings. The number of hydrazine groups is 1. The Morgan fingerprint density at radius 3 is 2.65 bits per heavy atom. The maximum absolute atomic E-state index is 11.5. The second kappa shape index (κ2) is 5.22. The van der Waals surface area contributed by atoms with Crippen molar-refractivity contribution in [3.8, 4) is 0 Å². The molecule has 1 saturated heterocycles. The molecule has 6 heteroatoms. The van der Waals surface area contributed by atoms with E-state index in [1.54, 1.807) is 4.31 Å². The Balaban J connectivity index is 1.88. The largest absolute Gasteiger partial charge is 0.271 e. The van der Waals surface area contributed by atoms with E-state index in [1.807, 2.05) is 0 Å². The molecule has 0 aromatic rings. The molecule has 2 fully saturated rings. The van der Waals surface area contributed by atoms with Gasteiger partial charge in [0.05, 0.1) is 6.26 Å². The van der Waals surface area contributed by atoms with E-state index in [0.29, 0.717) is 31.0 Å². The van der Waals surface area contributed by atoms with Crippen LogP contribution in [0, 0.1) is 11.8 Å². The standard InChI is InChI=1S/C11H23N3O2S/c1-17(15,16)14-6-2-3-9(8-14)7-11(13-12)10-4-5-10/h9-11,13H,2-8,12H2,1H3. The molecule has 0 radical (unpaired) electrons. The lowest BCUT2D eigenvalue weighted by Gasteiger charge is -2.32. The van der Waals surface area contributed by atoms with Gasteiger partial charge < -0.3 is 0 Å². The molecule has 0 amide bonds. The average Bonchev–Trinajstić information content (AvgIpc) is 3.09. The summed E-state index contributed by atoms with van der Waals surface area (Å²) >= 11 is 0. The fourth-order valence-corrected chi connectivity index (χ4v) is 3.72. The highest BCUT2D eigenvalue weighted by Gasteiger charge is 2.34. The molecule has 1 heterocycles. The van der Waals surface area contributed by atoms with Crippen molar-refractivity contribution < 1.29 is 8.42 Å².